The smallest absolute Gasteiger partial charge is 0.160 e. The van der Waals surface area contributed by atoms with Crippen molar-refractivity contribution in [2.24, 2.45) is 0 Å². The Morgan fingerprint density at radius 1 is 0.971 bits per heavy atom. The second kappa shape index (κ2) is 8.27. The lowest BCUT2D eigenvalue weighted by Crippen LogP contribution is -2.51. The van der Waals surface area contributed by atoms with Crippen LogP contribution in [0.2, 0.25) is 0 Å². The molecule has 2 atom stereocenters. The number of aromatic nitrogens is 2. The largest absolute Gasteiger partial charge is 0.353 e. The molecule has 2 aliphatic heterocycles. The summed E-state index contributed by atoms with van der Waals surface area (Å²) >= 11 is 0. The monoisotopic (exact) mass is 458 g/mol. The number of nitrogens with one attached hydrogen (secondary N) is 1. The molecule has 6 rings (SSSR count). The normalized spacial score (nSPS) is 19.9. The van der Waals surface area contributed by atoms with Gasteiger partial charge in [0.25, 0.3) is 0 Å². The van der Waals surface area contributed by atoms with Crippen molar-refractivity contribution in [3.05, 3.63) is 65.5 Å². The topological polar surface area (TPSA) is 41.1 Å². The Labute approximate surface area is 198 Å². The Kier molecular flexibility index (Phi) is 5.21. The Morgan fingerprint density at radius 3 is 2.41 bits per heavy atom. The number of piperazine rings is 1. The zero-order valence-corrected chi connectivity index (χ0v) is 19.5. The first-order valence-electron chi connectivity index (χ1n) is 12.3. The van der Waals surface area contributed by atoms with Gasteiger partial charge in [0.15, 0.2) is 5.82 Å². The van der Waals surface area contributed by atoms with Gasteiger partial charge in [0.1, 0.15) is 23.0 Å². The summed E-state index contributed by atoms with van der Waals surface area (Å²) in [6, 6.07) is 13.9. The minimum absolute atomic E-state index is 0.00826. The number of halogens is 2. The summed E-state index contributed by atoms with van der Waals surface area (Å²) in [6.45, 7) is 5.61. The molecule has 1 N–H and O–H groups in total. The standard InChI is InChI=1S/C28H28F2N4/c1-3-16-7-5-8-17-9-6-10-20(24(16)17)25-22(29)13-21-27(26(25)30)32-23(4-2)33-28(21)34-14-18-11-12-19(15-34)31-18/h5-10,13,18-19,31H,3-4,11-12,14-15H2,1-2H3. The molecule has 2 aliphatic rings. The molecule has 1 aromatic heterocycles. The van der Waals surface area contributed by atoms with Gasteiger partial charge < -0.3 is 10.2 Å². The third-order valence-corrected chi connectivity index (χ3v) is 7.38. The molecule has 2 fully saturated rings. The van der Waals surface area contributed by atoms with Crippen LogP contribution < -0.4 is 10.2 Å². The lowest BCUT2D eigenvalue weighted by molar-refractivity contribution is 0.464. The van der Waals surface area contributed by atoms with Gasteiger partial charge in [-0.15, -0.1) is 0 Å². The van der Waals surface area contributed by atoms with Crippen LogP contribution in [0, 0.1) is 11.6 Å². The Morgan fingerprint density at radius 2 is 1.71 bits per heavy atom. The van der Waals surface area contributed by atoms with Crippen molar-refractivity contribution in [1.29, 1.82) is 0 Å². The minimum Gasteiger partial charge on any atom is -0.353 e. The van der Waals surface area contributed by atoms with Gasteiger partial charge in [0, 0.05) is 37.0 Å². The maximum atomic E-state index is 16.2. The molecule has 0 amide bonds. The molecule has 2 unspecified atom stereocenters. The second-order valence-corrected chi connectivity index (χ2v) is 9.48. The molecule has 2 bridgehead atoms. The van der Waals surface area contributed by atoms with Gasteiger partial charge in [-0.25, -0.2) is 18.7 Å². The van der Waals surface area contributed by atoms with Crippen LogP contribution in [0.15, 0.2) is 42.5 Å². The maximum absolute atomic E-state index is 16.2. The predicted molar refractivity (Wildman–Crippen MR) is 133 cm³/mol. The molecule has 174 valence electrons. The molecule has 34 heavy (non-hydrogen) atoms. The van der Waals surface area contributed by atoms with Gasteiger partial charge in [-0.3, -0.25) is 0 Å². The van der Waals surface area contributed by atoms with Crippen molar-refractivity contribution in [3.8, 4) is 11.1 Å². The minimum atomic E-state index is -0.607. The SMILES string of the molecule is CCc1nc(N2CC3CCC(C2)N3)c2cc(F)c(-c3cccc4cccc(CC)c34)c(F)c2n1. The summed E-state index contributed by atoms with van der Waals surface area (Å²) < 4.78 is 32.0. The predicted octanol–water partition coefficient (Wildman–Crippen LogP) is 5.79. The highest BCUT2D eigenvalue weighted by Crippen LogP contribution is 2.39. The van der Waals surface area contributed by atoms with E-state index in [9.17, 15) is 0 Å². The van der Waals surface area contributed by atoms with E-state index in [-0.39, 0.29) is 11.1 Å². The number of anilines is 1. The van der Waals surface area contributed by atoms with Gasteiger partial charge in [-0.2, -0.15) is 0 Å². The second-order valence-electron chi connectivity index (χ2n) is 9.48. The third kappa shape index (κ3) is 3.35. The van der Waals surface area contributed by atoms with Crippen LogP contribution in [0.4, 0.5) is 14.6 Å². The number of fused-ring (bicyclic) bond motifs is 4. The van der Waals surface area contributed by atoms with Crippen molar-refractivity contribution in [2.45, 2.75) is 51.6 Å². The van der Waals surface area contributed by atoms with Crippen LogP contribution in [0.25, 0.3) is 32.8 Å². The fraction of sp³-hybridized carbons (Fsp3) is 0.357. The summed E-state index contributed by atoms with van der Waals surface area (Å²) in [5.41, 5.74) is 1.84. The molecule has 2 saturated heterocycles. The summed E-state index contributed by atoms with van der Waals surface area (Å²) in [4.78, 5) is 11.5. The van der Waals surface area contributed by atoms with Crippen molar-refractivity contribution < 1.29 is 8.78 Å². The quantitative estimate of drug-likeness (QED) is 0.420. The van der Waals surface area contributed by atoms with E-state index in [4.69, 9.17) is 4.98 Å². The number of hydrogen-bond acceptors (Lipinski definition) is 4. The van der Waals surface area contributed by atoms with E-state index in [1.807, 2.05) is 43.3 Å². The van der Waals surface area contributed by atoms with E-state index < -0.39 is 11.6 Å². The highest BCUT2D eigenvalue weighted by Gasteiger charge is 2.34. The summed E-state index contributed by atoms with van der Waals surface area (Å²) in [6.07, 6.45) is 3.61. The molecule has 0 saturated carbocycles. The molecule has 3 aromatic carbocycles. The molecule has 0 radical (unpaired) electrons. The molecular weight excluding hydrogens is 430 g/mol. The van der Waals surface area contributed by atoms with Crippen LogP contribution in [0.5, 0.6) is 0 Å². The van der Waals surface area contributed by atoms with Crippen molar-refractivity contribution >= 4 is 27.5 Å². The zero-order valence-electron chi connectivity index (χ0n) is 19.5. The molecule has 6 heteroatoms. The Balaban J connectivity index is 1.60. The fourth-order valence-corrected chi connectivity index (χ4v) is 5.76. The maximum Gasteiger partial charge on any atom is 0.160 e. The highest BCUT2D eigenvalue weighted by atomic mass is 19.1. The van der Waals surface area contributed by atoms with E-state index in [0.717, 1.165) is 48.7 Å². The third-order valence-electron chi connectivity index (χ3n) is 7.38. The van der Waals surface area contributed by atoms with Crippen LogP contribution in [-0.2, 0) is 12.8 Å². The van der Waals surface area contributed by atoms with Gasteiger partial charge in [-0.1, -0.05) is 50.2 Å². The number of aryl methyl sites for hydroxylation is 2. The van der Waals surface area contributed by atoms with Gasteiger partial charge in [0.05, 0.1) is 5.56 Å². The number of hydrogen-bond donors (Lipinski definition) is 1. The van der Waals surface area contributed by atoms with E-state index in [0.29, 0.717) is 41.1 Å². The summed E-state index contributed by atoms with van der Waals surface area (Å²) in [5, 5.41) is 5.94. The van der Waals surface area contributed by atoms with Crippen LogP contribution in [0.1, 0.15) is 38.1 Å². The zero-order chi connectivity index (χ0) is 23.4. The average molecular weight is 459 g/mol. The van der Waals surface area contributed by atoms with Gasteiger partial charge in [-0.05, 0) is 47.2 Å². The molecule has 4 aromatic rings. The lowest BCUT2D eigenvalue weighted by atomic mass is 9.92. The van der Waals surface area contributed by atoms with E-state index in [2.05, 4.69) is 22.1 Å². The molecular formula is C28H28F2N4. The molecule has 0 spiro atoms. The molecule has 4 nitrogen and oxygen atoms in total. The van der Waals surface area contributed by atoms with Crippen LogP contribution in [0.3, 0.4) is 0 Å². The average Bonchev–Trinajstić information content (AvgIpc) is 3.20. The summed E-state index contributed by atoms with van der Waals surface area (Å²) in [5.74, 6) is 0.0502. The summed E-state index contributed by atoms with van der Waals surface area (Å²) in [7, 11) is 0. The first-order chi connectivity index (χ1) is 16.6. The number of nitrogens with zero attached hydrogens (tertiary/aromatic N) is 3. The van der Waals surface area contributed by atoms with E-state index >= 15 is 8.78 Å². The Hall–Kier alpha value is -3.12. The van der Waals surface area contributed by atoms with E-state index in [1.165, 1.54) is 6.07 Å². The van der Waals surface area contributed by atoms with Crippen LogP contribution >= 0.6 is 0 Å². The van der Waals surface area contributed by atoms with Crippen LogP contribution in [-0.4, -0.2) is 35.1 Å². The van der Waals surface area contributed by atoms with Crippen molar-refractivity contribution in [1.82, 2.24) is 15.3 Å². The van der Waals surface area contributed by atoms with Crippen molar-refractivity contribution in [2.75, 3.05) is 18.0 Å². The first-order valence-corrected chi connectivity index (χ1v) is 12.3. The highest BCUT2D eigenvalue weighted by molar-refractivity contribution is 6.02. The van der Waals surface area contributed by atoms with Gasteiger partial charge >= 0.3 is 0 Å². The number of rotatable bonds is 4. The number of benzene rings is 3. The van der Waals surface area contributed by atoms with Crippen molar-refractivity contribution in [3.63, 3.8) is 0 Å². The Bertz CT molecular complexity index is 1400. The molecule has 0 aliphatic carbocycles. The van der Waals surface area contributed by atoms with Gasteiger partial charge in [0.2, 0.25) is 0 Å². The lowest BCUT2D eigenvalue weighted by Gasteiger charge is -2.34. The molecule has 3 heterocycles. The fourth-order valence-electron chi connectivity index (χ4n) is 5.76. The van der Waals surface area contributed by atoms with E-state index in [1.54, 1.807) is 0 Å². The first kappa shape index (κ1) is 21.4.